The molecule has 4 nitrogen and oxygen atoms in total. The monoisotopic (exact) mass is 337 g/mol. The minimum atomic E-state index is -3.52. The summed E-state index contributed by atoms with van der Waals surface area (Å²) in [5, 5.41) is 1.22. The maximum absolute atomic E-state index is 12.3. The van der Waals surface area contributed by atoms with Gasteiger partial charge in [0.15, 0.2) is 15.6 Å². The lowest BCUT2D eigenvalue weighted by molar-refractivity contribution is -0.113. The van der Waals surface area contributed by atoms with E-state index in [1.54, 1.807) is 19.0 Å². The van der Waals surface area contributed by atoms with Gasteiger partial charge in [0.2, 0.25) is 0 Å². The van der Waals surface area contributed by atoms with E-state index in [0.717, 1.165) is 10.5 Å². The molecule has 6 heteroatoms. The van der Waals surface area contributed by atoms with Crippen LogP contribution >= 0.6 is 11.8 Å². The highest BCUT2D eigenvalue weighted by Crippen LogP contribution is 2.40. The fraction of sp³-hybridized carbons (Fsp3) is 0.312. The van der Waals surface area contributed by atoms with E-state index >= 15 is 0 Å². The minimum Gasteiger partial charge on any atom is -0.304 e. The predicted molar refractivity (Wildman–Crippen MR) is 90.3 cm³/mol. The quantitative estimate of drug-likeness (QED) is 0.827. The molecule has 1 aliphatic rings. The van der Waals surface area contributed by atoms with Crippen LogP contribution in [0.25, 0.3) is 0 Å². The highest BCUT2D eigenvalue weighted by atomic mass is 32.2. The van der Waals surface area contributed by atoms with Crippen molar-refractivity contribution >= 4 is 27.4 Å². The van der Waals surface area contributed by atoms with E-state index in [0.29, 0.717) is 10.5 Å². The number of sulfone groups is 1. The molecule has 0 unspecified atom stereocenters. The zero-order chi connectivity index (χ0) is 16.5. The van der Waals surface area contributed by atoms with Crippen LogP contribution in [0.4, 0.5) is 0 Å². The van der Waals surface area contributed by atoms with Gasteiger partial charge in [-0.1, -0.05) is 29.5 Å². The topological polar surface area (TPSA) is 54.5 Å². The first kappa shape index (κ1) is 17.0. The lowest BCUT2D eigenvalue weighted by Crippen LogP contribution is -2.20. The first-order valence-electron chi connectivity index (χ1n) is 6.81. The molecule has 2 rings (SSSR count). The maximum Gasteiger partial charge on any atom is 0.199 e. The Hall–Kier alpha value is -1.37. The van der Waals surface area contributed by atoms with Gasteiger partial charge in [0.05, 0.1) is 4.91 Å². The summed E-state index contributed by atoms with van der Waals surface area (Å²) in [6.07, 6.45) is 0. The number of likely N-dealkylation sites (N-methyl/N-ethyl adjacent to an activating group) is 1. The third kappa shape index (κ3) is 3.69. The summed E-state index contributed by atoms with van der Waals surface area (Å²) in [4.78, 5) is 15.4. The second-order valence-electron chi connectivity index (χ2n) is 5.53. The average Bonchev–Trinajstić information content (AvgIpc) is 2.63. The highest BCUT2D eigenvalue weighted by molar-refractivity contribution is 8.06. The molecule has 0 atom stereocenters. The van der Waals surface area contributed by atoms with E-state index in [1.807, 2.05) is 31.2 Å². The van der Waals surface area contributed by atoms with Crippen LogP contribution in [0.15, 0.2) is 50.0 Å². The number of rotatable bonds is 5. The summed E-state index contributed by atoms with van der Waals surface area (Å²) < 4.78 is 24.7. The fourth-order valence-electron chi connectivity index (χ4n) is 2.19. The second kappa shape index (κ2) is 6.40. The van der Waals surface area contributed by atoms with E-state index in [1.165, 1.54) is 24.1 Å². The summed E-state index contributed by atoms with van der Waals surface area (Å²) in [7, 11) is 0.0467. The Morgan fingerprint density at radius 2 is 1.77 bits per heavy atom. The lowest BCUT2D eigenvalue weighted by Gasteiger charge is -2.12. The number of benzene rings is 1. The van der Waals surface area contributed by atoms with Gasteiger partial charge in [-0.3, -0.25) is 4.79 Å². The van der Waals surface area contributed by atoms with Gasteiger partial charge in [-0.05, 0) is 40.1 Å². The van der Waals surface area contributed by atoms with E-state index < -0.39 is 9.84 Å². The Labute approximate surface area is 135 Å². The number of thioether (sulfide) groups is 1. The summed E-state index contributed by atoms with van der Waals surface area (Å²) in [5.41, 5.74) is 1.45. The Morgan fingerprint density at radius 1 is 1.18 bits per heavy atom. The van der Waals surface area contributed by atoms with Crippen molar-refractivity contribution < 1.29 is 13.2 Å². The van der Waals surface area contributed by atoms with Gasteiger partial charge in [0.25, 0.3) is 0 Å². The van der Waals surface area contributed by atoms with Crippen LogP contribution in [0, 0.1) is 6.92 Å². The Kier molecular flexibility index (Phi) is 4.94. The van der Waals surface area contributed by atoms with Crippen molar-refractivity contribution in [3.63, 3.8) is 0 Å². The van der Waals surface area contributed by atoms with Crippen LogP contribution < -0.4 is 0 Å². The molecule has 1 aromatic rings. The summed E-state index contributed by atoms with van der Waals surface area (Å²) in [6, 6.07) is 7.78. The highest BCUT2D eigenvalue weighted by Gasteiger charge is 2.33. The van der Waals surface area contributed by atoms with Crippen LogP contribution in [0.5, 0.6) is 0 Å². The van der Waals surface area contributed by atoms with E-state index in [-0.39, 0.29) is 17.2 Å². The van der Waals surface area contributed by atoms with Gasteiger partial charge in [0, 0.05) is 27.3 Å². The fourth-order valence-corrected chi connectivity index (χ4v) is 5.24. The number of hydrogen-bond donors (Lipinski definition) is 0. The van der Waals surface area contributed by atoms with Gasteiger partial charge in [-0.25, -0.2) is 8.42 Å². The van der Waals surface area contributed by atoms with Crippen molar-refractivity contribution in [2.75, 3.05) is 20.6 Å². The van der Waals surface area contributed by atoms with Gasteiger partial charge < -0.3 is 4.90 Å². The third-order valence-electron chi connectivity index (χ3n) is 3.19. The first-order valence-corrected chi connectivity index (χ1v) is 9.17. The van der Waals surface area contributed by atoms with E-state index in [2.05, 4.69) is 0 Å². The number of nitrogens with zero attached hydrogens (tertiary/aromatic N) is 1. The molecule has 1 heterocycles. The molecule has 0 bridgehead atoms. The summed E-state index contributed by atoms with van der Waals surface area (Å²) >= 11 is 1.31. The molecule has 0 aliphatic carbocycles. The number of hydrogen-bond acceptors (Lipinski definition) is 5. The van der Waals surface area contributed by atoms with Crippen LogP contribution in [-0.4, -0.2) is 39.7 Å². The molecule has 0 spiro atoms. The van der Waals surface area contributed by atoms with Crippen molar-refractivity contribution in [1.82, 2.24) is 4.90 Å². The predicted octanol–water partition coefficient (Wildman–Crippen LogP) is 2.76. The molecule has 0 fully saturated rings. The van der Waals surface area contributed by atoms with Gasteiger partial charge in [0.1, 0.15) is 0 Å². The van der Waals surface area contributed by atoms with Crippen LogP contribution in [0.3, 0.4) is 0 Å². The molecule has 22 heavy (non-hydrogen) atoms. The number of Topliss-reactive ketones (excluding diaryl/α,β-unsaturated/α-hetero) is 1. The van der Waals surface area contributed by atoms with E-state index in [9.17, 15) is 13.2 Å². The zero-order valence-corrected chi connectivity index (χ0v) is 14.7. The molecular weight excluding hydrogens is 318 g/mol. The van der Waals surface area contributed by atoms with Crippen molar-refractivity contribution in [3.8, 4) is 0 Å². The van der Waals surface area contributed by atoms with Gasteiger partial charge in [-0.15, -0.1) is 0 Å². The molecule has 0 radical (unpaired) electrons. The Morgan fingerprint density at radius 3 is 2.27 bits per heavy atom. The van der Waals surface area contributed by atoms with Gasteiger partial charge >= 0.3 is 0 Å². The van der Waals surface area contributed by atoms with Crippen LogP contribution in [-0.2, 0) is 14.6 Å². The number of ketones is 1. The molecule has 0 saturated carbocycles. The average molecular weight is 337 g/mol. The second-order valence-corrected chi connectivity index (χ2v) is 8.47. The Bertz CT molecular complexity index is 757. The standard InChI is InChI=1S/C16H19NO3S2/c1-11-5-7-13(8-6-11)21-14-10-22(19,20)15(9-17(3)4)16(14)12(2)18/h5-8,10H,9H2,1-4H3. The van der Waals surface area contributed by atoms with Crippen molar-refractivity contribution in [2.45, 2.75) is 18.7 Å². The first-order chi connectivity index (χ1) is 10.2. The lowest BCUT2D eigenvalue weighted by atomic mass is 10.1. The molecule has 1 aromatic carbocycles. The van der Waals surface area contributed by atoms with Crippen LogP contribution in [0.2, 0.25) is 0 Å². The Balaban J connectivity index is 2.44. The smallest absolute Gasteiger partial charge is 0.199 e. The minimum absolute atomic E-state index is 0.194. The zero-order valence-electron chi connectivity index (χ0n) is 13.1. The normalized spacial score (nSPS) is 17.0. The third-order valence-corrected chi connectivity index (χ3v) is 5.96. The summed E-state index contributed by atoms with van der Waals surface area (Å²) in [6.45, 7) is 3.63. The molecule has 0 amide bonds. The summed E-state index contributed by atoms with van der Waals surface area (Å²) in [5.74, 6) is -0.219. The number of aryl methyl sites for hydroxylation is 1. The molecule has 0 N–H and O–H groups in total. The van der Waals surface area contributed by atoms with Gasteiger partial charge in [-0.2, -0.15) is 0 Å². The SMILES string of the molecule is CC(=O)C1=C(CN(C)C)S(=O)(=O)C=C1Sc1ccc(C)cc1. The van der Waals surface area contributed by atoms with Crippen molar-refractivity contribution in [3.05, 3.63) is 50.6 Å². The molecule has 0 aromatic heterocycles. The van der Waals surface area contributed by atoms with Crippen molar-refractivity contribution in [1.29, 1.82) is 0 Å². The molecule has 0 saturated heterocycles. The van der Waals surface area contributed by atoms with Crippen molar-refractivity contribution in [2.24, 2.45) is 0 Å². The maximum atomic E-state index is 12.3. The number of carbonyl (C=O) groups excluding carboxylic acids is 1. The number of carbonyl (C=O) groups is 1. The largest absolute Gasteiger partial charge is 0.304 e. The number of allylic oxidation sites excluding steroid dienone is 1. The van der Waals surface area contributed by atoms with E-state index in [4.69, 9.17) is 0 Å². The van der Waals surface area contributed by atoms with Crippen LogP contribution in [0.1, 0.15) is 12.5 Å². The molecular formula is C16H19NO3S2. The molecule has 118 valence electrons. The molecule has 1 aliphatic heterocycles.